The van der Waals surface area contributed by atoms with E-state index in [0.717, 1.165) is 23.7 Å². The van der Waals surface area contributed by atoms with Crippen LogP contribution in [-0.2, 0) is 6.42 Å². The van der Waals surface area contributed by atoms with Gasteiger partial charge in [0.05, 0.1) is 0 Å². The Labute approximate surface area is 105 Å². The zero-order valence-corrected chi connectivity index (χ0v) is 11.7. The van der Waals surface area contributed by atoms with E-state index >= 15 is 0 Å². The number of hydrogen-bond acceptors (Lipinski definition) is 1. The van der Waals surface area contributed by atoms with Gasteiger partial charge < -0.3 is 4.42 Å². The van der Waals surface area contributed by atoms with E-state index in [4.69, 9.17) is 4.42 Å². The van der Waals surface area contributed by atoms with Crippen molar-refractivity contribution in [2.45, 2.75) is 47.5 Å². The number of furan rings is 1. The molecule has 0 aliphatic heterocycles. The summed E-state index contributed by atoms with van der Waals surface area (Å²) in [7, 11) is 0. The van der Waals surface area contributed by atoms with Gasteiger partial charge in [0.25, 0.3) is 0 Å². The van der Waals surface area contributed by atoms with Crippen molar-refractivity contribution in [2.24, 2.45) is 5.92 Å². The lowest BCUT2D eigenvalue weighted by Gasteiger charge is -2.04. The zero-order chi connectivity index (χ0) is 12.8. The van der Waals surface area contributed by atoms with Crippen molar-refractivity contribution in [1.82, 2.24) is 0 Å². The molecule has 0 radical (unpaired) electrons. The summed E-state index contributed by atoms with van der Waals surface area (Å²) in [5.74, 6) is 1.76. The van der Waals surface area contributed by atoms with Crippen LogP contribution >= 0.6 is 0 Å². The lowest BCUT2D eigenvalue weighted by atomic mass is 10.0. The normalized spacial score (nSPS) is 10.5. The highest BCUT2D eigenvalue weighted by atomic mass is 16.3. The predicted molar refractivity (Wildman–Crippen MR) is 75.5 cm³/mol. The first kappa shape index (κ1) is 13.8. The molecule has 0 amide bonds. The SMILES string of the molecule is CC.Cc1cc2cc(CCC(C)C)ccc2o1. The molecule has 0 atom stereocenters. The van der Waals surface area contributed by atoms with Crippen LogP contribution in [0, 0.1) is 12.8 Å². The minimum Gasteiger partial charge on any atom is -0.461 e. The minimum absolute atomic E-state index is 0.770. The van der Waals surface area contributed by atoms with E-state index in [1.807, 2.05) is 20.8 Å². The lowest BCUT2D eigenvalue weighted by Crippen LogP contribution is -1.91. The monoisotopic (exact) mass is 232 g/mol. The molecule has 2 rings (SSSR count). The van der Waals surface area contributed by atoms with Gasteiger partial charge >= 0.3 is 0 Å². The highest BCUT2D eigenvalue weighted by molar-refractivity contribution is 5.78. The largest absolute Gasteiger partial charge is 0.461 e. The lowest BCUT2D eigenvalue weighted by molar-refractivity contribution is 0.577. The number of fused-ring (bicyclic) bond motifs is 1. The van der Waals surface area contributed by atoms with Gasteiger partial charge in [0.1, 0.15) is 11.3 Å². The average molecular weight is 232 g/mol. The molecule has 17 heavy (non-hydrogen) atoms. The Bertz CT molecular complexity index is 451. The van der Waals surface area contributed by atoms with Gasteiger partial charge in [0.2, 0.25) is 0 Å². The molecule has 0 saturated carbocycles. The Balaban J connectivity index is 0.000000686. The molecule has 0 bridgehead atoms. The Morgan fingerprint density at radius 3 is 2.47 bits per heavy atom. The van der Waals surface area contributed by atoms with Crippen LogP contribution in [0.4, 0.5) is 0 Å². The molecule has 1 aromatic heterocycles. The third-order valence-corrected chi connectivity index (χ3v) is 2.71. The molecule has 94 valence electrons. The van der Waals surface area contributed by atoms with Crippen molar-refractivity contribution in [3.63, 3.8) is 0 Å². The van der Waals surface area contributed by atoms with Crippen LogP contribution in [0.1, 0.15) is 45.4 Å². The van der Waals surface area contributed by atoms with E-state index in [2.05, 4.69) is 38.1 Å². The molecule has 0 N–H and O–H groups in total. The maximum absolute atomic E-state index is 5.55. The van der Waals surface area contributed by atoms with E-state index in [0.29, 0.717) is 0 Å². The molecular weight excluding hydrogens is 208 g/mol. The third-order valence-electron chi connectivity index (χ3n) is 2.71. The molecule has 0 spiro atoms. The second-order valence-electron chi connectivity index (χ2n) is 4.66. The molecular formula is C16H24O. The van der Waals surface area contributed by atoms with Crippen LogP contribution in [-0.4, -0.2) is 0 Å². The molecule has 0 saturated heterocycles. The highest BCUT2D eigenvalue weighted by Crippen LogP contribution is 2.21. The van der Waals surface area contributed by atoms with Gasteiger partial charge in [-0.1, -0.05) is 33.8 Å². The van der Waals surface area contributed by atoms with Gasteiger partial charge in [0.15, 0.2) is 0 Å². The predicted octanol–water partition coefficient (Wildman–Crippen LogP) is 5.36. The third kappa shape index (κ3) is 3.92. The molecule has 1 heterocycles. The van der Waals surface area contributed by atoms with Gasteiger partial charge in [-0.2, -0.15) is 0 Å². The fraction of sp³-hybridized carbons (Fsp3) is 0.500. The summed E-state index contributed by atoms with van der Waals surface area (Å²) in [5.41, 5.74) is 2.41. The first-order valence-corrected chi connectivity index (χ1v) is 6.64. The van der Waals surface area contributed by atoms with Gasteiger partial charge in [-0.3, -0.25) is 0 Å². The summed E-state index contributed by atoms with van der Waals surface area (Å²) < 4.78 is 5.55. The molecule has 0 unspecified atom stereocenters. The van der Waals surface area contributed by atoms with E-state index in [9.17, 15) is 0 Å². The summed E-state index contributed by atoms with van der Waals surface area (Å²) in [5, 5.41) is 1.23. The average Bonchev–Trinajstić information content (AvgIpc) is 2.68. The topological polar surface area (TPSA) is 13.1 Å². The van der Waals surface area contributed by atoms with Crippen molar-refractivity contribution in [3.05, 3.63) is 35.6 Å². The smallest absolute Gasteiger partial charge is 0.134 e. The summed E-state index contributed by atoms with van der Waals surface area (Å²) in [4.78, 5) is 0. The van der Waals surface area contributed by atoms with Crippen molar-refractivity contribution < 1.29 is 4.42 Å². The maximum Gasteiger partial charge on any atom is 0.134 e. The van der Waals surface area contributed by atoms with Gasteiger partial charge in [-0.15, -0.1) is 0 Å². The van der Waals surface area contributed by atoms with Crippen LogP contribution in [0.5, 0.6) is 0 Å². The minimum atomic E-state index is 0.770. The van der Waals surface area contributed by atoms with Crippen molar-refractivity contribution in [3.8, 4) is 0 Å². The van der Waals surface area contributed by atoms with Crippen molar-refractivity contribution in [2.75, 3.05) is 0 Å². The van der Waals surface area contributed by atoms with E-state index in [1.54, 1.807) is 0 Å². The van der Waals surface area contributed by atoms with E-state index in [-0.39, 0.29) is 0 Å². The van der Waals surface area contributed by atoms with Gasteiger partial charge in [-0.05, 0) is 49.4 Å². The van der Waals surface area contributed by atoms with Crippen LogP contribution < -0.4 is 0 Å². The van der Waals surface area contributed by atoms with Crippen LogP contribution in [0.15, 0.2) is 28.7 Å². The molecule has 1 nitrogen and oxygen atoms in total. The standard InChI is InChI=1S/C14H18O.C2H6/c1-10(2)4-5-12-6-7-14-13(9-12)8-11(3)15-14;1-2/h6-10H,4-5H2,1-3H3;1-2H3. The second-order valence-corrected chi connectivity index (χ2v) is 4.66. The first-order chi connectivity index (χ1) is 8.15. The fourth-order valence-electron chi connectivity index (χ4n) is 1.84. The van der Waals surface area contributed by atoms with E-state index < -0.39 is 0 Å². The van der Waals surface area contributed by atoms with Gasteiger partial charge in [-0.25, -0.2) is 0 Å². The summed E-state index contributed by atoms with van der Waals surface area (Å²) >= 11 is 0. The summed E-state index contributed by atoms with van der Waals surface area (Å²) in [6.07, 6.45) is 2.42. The molecule has 1 aromatic carbocycles. The number of benzene rings is 1. The van der Waals surface area contributed by atoms with Crippen molar-refractivity contribution >= 4 is 11.0 Å². The summed E-state index contributed by atoms with van der Waals surface area (Å²) in [6.45, 7) is 10.5. The van der Waals surface area contributed by atoms with Crippen molar-refractivity contribution in [1.29, 1.82) is 0 Å². The number of rotatable bonds is 3. The quantitative estimate of drug-likeness (QED) is 0.694. The maximum atomic E-state index is 5.55. The Kier molecular flexibility index (Phi) is 5.27. The van der Waals surface area contributed by atoms with Crippen LogP contribution in [0.3, 0.4) is 0 Å². The summed E-state index contributed by atoms with van der Waals surface area (Å²) in [6, 6.07) is 8.61. The molecule has 1 heteroatoms. The first-order valence-electron chi connectivity index (χ1n) is 6.64. The highest BCUT2D eigenvalue weighted by Gasteiger charge is 2.02. The van der Waals surface area contributed by atoms with Crippen LogP contribution in [0.2, 0.25) is 0 Å². The molecule has 0 aliphatic rings. The molecule has 2 aromatic rings. The Morgan fingerprint density at radius 2 is 1.82 bits per heavy atom. The number of aryl methyl sites for hydroxylation is 2. The molecule has 0 aliphatic carbocycles. The van der Waals surface area contributed by atoms with Crippen LogP contribution in [0.25, 0.3) is 11.0 Å². The number of hydrogen-bond donors (Lipinski definition) is 0. The van der Waals surface area contributed by atoms with E-state index in [1.165, 1.54) is 17.4 Å². The Morgan fingerprint density at radius 1 is 1.12 bits per heavy atom. The zero-order valence-electron chi connectivity index (χ0n) is 11.7. The Hall–Kier alpha value is -1.24. The fourth-order valence-corrected chi connectivity index (χ4v) is 1.84. The van der Waals surface area contributed by atoms with Gasteiger partial charge in [0, 0.05) is 5.39 Å². The second kappa shape index (κ2) is 6.48. The molecule has 0 fully saturated rings.